The van der Waals surface area contributed by atoms with Gasteiger partial charge in [-0.2, -0.15) is 0 Å². The topological polar surface area (TPSA) is 47.9 Å². The average molecular weight is 314 g/mol. The number of guanidine groups is 1. The summed E-state index contributed by atoms with van der Waals surface area (Å²) in [6.07, 6.45) is 4.52. The summed E-state index contributed by atoms with van der Waals surface area (Å²) in [6.45, 7) is 3.93. The summed E-state index contributed by atoms with van der Waals surface area (Å²) in [5.74, 6) is 1.01. The Bertz CT molecular complexity index is 578. The molecule has 1 N–H and O–H groups in total. The molecule has 2 aliphatic heterocycles. The molecule has 0 radical (unpaired) electrons. The van der Waals surface area contributed by atoms with Crippen molar-refractivity contribution in [2.45, 2.75) is 32.2 Å². The molecule has 0 atom stereocenters. The fraction of sp³-hybridized carbons (Fsp3) is 0.556. The first kappa shape index (κ1) is 15.8. The molecule has 1 aromatic carbocycles. The number of piperidine rings is 1. The van der Waals surface area contributed by atoms with Crippen LogP contribution >= 0.6 is 0 Å². The summed E-state index contributed by atoms with van der Waals surface area (Å²) in [7, 11) is 1.79. The Morgan fingerprint density at radius 1 is 1.09 bits per heavy atom. The van der Waals surface area contributed by atoms with Crippen molar-refractivity contribution in [3.8, 4) is 0 Å². The molecule has 0 bridgehead atoms. The van der Waals surface area contributed by atoms with Crippen LogP contribution in [0.3, 0.4) is 0 Å². The molecule has 1 aromatic rings. The van der Waals surface area contributed by atoms with Crippen LogP contribution in [0.25, 0.3) is 0 Å². The monoisotopic (exact) mass is 314 g/mol. The van der Waals surface area contributed by atoms with Gasteiger partial charge in [-0.15, -0.1) is 0 Å². The lowest BCUT2D eigenvalue weighted by molar-refractivity contribution is -0.130. The van der Waals surface area contributed by atoms with Gasteiger partial charge in [0.25, 0.3) is 0 Å². The Labute approximate surface area is 138 Å². The van der Waals surface area contributed by atoms with Crippen LogP contribution < -0.4 is 5.32 Å². The highest BCUT2D eigenvalue weighted by atomic mass is 16.2. The van der Waals surface area contributed by atoms with Crippen LogP contribution in [0.1, 0.15) is 30.4 Å². The lowest BCUT2D eigenvalue weighted by atomic mass is 10.0. The number of carbonyl (C=O) groups is 1. The predicted molar refractivity (Wildman–Crippen MR) is 92.3 cm³/mol. The number of rotatable bonds is 2. The van der Waals surface area contributed by atoms with Crippen molar-refractivity contribution in [1.82, 2.24) is 15.1 Å². The van der Waals surface area contributed by atoms with E-state index in [9.17, 15) is 4.79 Å². The Kier molecular flexibility index (Phi) is 5.16. The van der Waals surface area contributed by atoms with Gasteiger partial charge in [-0.25, -0.2) is 0 Å². The molecule has 0 saturated carbocycles. The summed E-state index contributed by atoms with van der Waals surface area (Å²) >= 11 is 0. The molecule has 1 amide bonds. The molecule has 1 saturated heterocycles. The van der Waals surface area contributed by atoms with Crippen LogP contribution in [-0.4, -0.2) is 54.9 Å². The Balaban J connectivity index is 1.55. The Morgan fingerprint density at radius 3 is 2.57 bits per heavy atom. The Morgan fingerprint density at radius 2 is 1.83 bits per heavy atom. The van der Waals surface area contributed by atoms with Gasteiger partial charge in [0.05, 0.1) is 6.54 Å². The van der Waals surface area contributed by atoms with Crippen LogP contribution in [0.5, 0.6) is 0 Å². The number of nitrogens with one attached hydrogen (secondary N) is 1. The summed E-state index contributed by atoms with van der Waals surface area (Å²) in [4.78, 5) is 20.8. The fourth-order valence-electron chi connectivity index (χ4n) is 3.42. The number of fused-ring (bicyclic) bond motifs is 1. The van der Waals surface area contributed by atoms with Crippen molar-refractivity contribution in [2.75, 3.05) is 33.2 Å². The van der Waals surface area contributed by atoms with E-state index in [-0.39, 0.29) is 5.91 Å². The number of carbonyl (C=O) groups excluding carboxylic acids is 1. The zero-order valence-electron chi connectivity index (χ0n) is 13.9. The van der Waals surface area contributed by atoms with E-state index in [1.54, 1.807) is 7.05 Å². The van der Waals surface area contributed by atoms with Crippen LogP contribution in [0.15, 0.2) is 29.3 Å². The van der Waals surface area contributed by atoms with E-state index in [0.717, 1.165) is 51.4 Å². The summed E-state index contributed by atoms with van der Waals surface area (Å²) in [6, 6.07) is 8.55. The summed E-state index contributed by atoms with van der Waals surface area (Å²) in [5.41, 5.74) is 2.77. The molecule has 124 valence electrons. The lowest BCUT2D eigenvalue weighted by Gasteiger charge is -2.32. The van der Waals surface area contributed by atoms with Crippen molar-refractivity contribution in [2.24, 2.45) is 4.99 Å². The first-order chi connectivity index (χ1) is 11.3. The molecule has 2 aliphatic rings. The number of amides is 1. The van der Waals surface area contributed by atoms with Crippen molar-refractivity contribution in [3.05, 3.63) is 35.4 Å². The molecule has 0 aliphatic carbocycles. The van der Waals surface area contributed by atoms with Crippen LogP contribution in [0.2, 0.25) is 0 Å². The minimum atomic E-state index is 0.184. The van der Waals surface area contributed by atoms with Crippen molar-refractivity contribution in [3.63, 3.8) is 0 Å². The van der Waals surface area contributed by atoms with E-state index in [0.29, 0.717) is 6.54 Å². The van der Waals surface area contributed by atoms with Gasteiger partial charge < -0.3 is 15.1 Å². The van der Waals surface area contributed by atoms with Crippen molar-refractivity contribution < 1.29 is 4.79 Å². The predicted octanol–water partition coefficient (Wildman–Crippen LogP) is 1.63. The maximum absolute atomic E-state index is 12.3. The highest BCUT2D eigenvalue weighted by molar-refractivity contribution is 5.86. The van der Waals surface area contributed by atoms with Gasteiger partial charge in [0.15, 0.2) is 5.96 Å². The van der Waals surface area contributed by atoms with Gasteiger partial charge in [-0.1, -0.05) is 24.3 Å². The molecular formula is C18H26N4O. The number of hydrogen-bond acceptors (Lipinski definition) is 2. The average Bonchev–Trinajstić information content (AvgIpc) is 2.62. The fourth-order valence-corrected chi connectivity index (χ4v) is 3.42. The van der Waals surface area contributed by atoms with Gasteiger partial charge in [-0.05, 0) is 36.8 Å². The van der Waals surface area contributed by atoms with E-state index in [1.165, 1.54) is 17.5 Å². The molecule has 5 heteroatoms. The smallest absolute Gasteiger partial charge is 0.241 e. The van der Waals surface area contributed by atoms with Gasteiger partial charge in [-0.3, -0.25) is 9.79 Å². The normalized spacial score (nSPS) is 18.6. The molecule has 3 rings (SSSR count). The Hall–Kier alpha value is -2.04. The van der Waals surface area contributed by atoms with E-state index in [1.807, 2.05) is 4.90 Å². The SMILES string of the molecule is CN=C(NCC(=O)N1CCCCC1)N1CCc2ccccc2C1. The van der Waals surface area contributed by atoms with Crippen molar-refractivity contribution >= 4 is 11.9 Å². The van der Waals surface area contributed by atoms with Gasteiger partial charge in [0, 0.05) is 33.2 Å². The summed E-state index contributed by atoms with van der Waals surface area (Å²) in [5, 5.41) is 3.25. The van der Waals surface area contributed by atoms with Crippen molar-refractivity contribution in [1.29, 1.82) is 0 Å². The molecule has 0 unspecified atom stereocenters. The van der Waals surface area contributed by atoms with E-state index in [4.69, 9.17) is 0 Å². The molecular weight excluding hydrogens is 288 g/mol. The molecule has 0 spiro atoms. The van der Waals surface area contributed by atoms with E-state index >= 15 is 0 Å². The van der Waals surface area contributed by atoms with Gasteiger partial charge in [0.1, 0.15) is 0 Å². The minimum absolute atomic E-state index is 0.184. The second-order valence-corrected chi connectivity index (χ2v) is 6.28. The number of hydrogen-bond donors (Lipinski definition) is 1. The number of nitrogens with zero attached hydrogens (tertiary/aromatic N) is 3. The first-order valence-corrected chi connectivity index (χ1v) is 8.58. The highest BCUT2D eigenvalue weighted by Crippen LogP contribution is 2.18. The zero-order chi connectivity index (χ0) is 16.1. The first-order valence-electron chi connectivity index (χ1n) is 8.58. The van der Waals surface area contributed by atoms with Crippen LogP contribution in [0.4, 0.5) is 0 Å². The highest BCUT2D eigenvalue weighted by Gasteiger charge is 2.21. The second-order valence-electron chi connectivity index (χ2n) is 6.28. The van der Waals surface area contributed by atoms with E-state index < -0.39 is 0 Å². The molecule has 2 heterocycles. The molecule has 5 nitrogen and oxygen atoms in total. The minimum Gasteiger partial charge on any atom is -0.347 e. The number of likely N-dealkylation sites (tertiary alicyclic amines) is 1. The molecule has 1 fully saturated rings. The third kappa shape index (κ3) is 3.84. The second kappa shape index (κ2) is 7.49. The summed E-state index contributed by atoms with van der Waals surface area (Å²) < 4.78 is 0. The quantitative estimate of drug-likeness (QED) is 0.667. The molecule has 23 heavy (non-hydrogen) atoms. The molecule has 0 aromatic heterocycles. The van der Waals surface area contributed by atoms with E-state index in [2.05, 4.69) is 39.5 Å². The van der Waals surface area contributed by atoms with Crippen LogP contribution in [-0.2, 0) is 17.8 Å². The van der Waals surface area contributed by atoms with Crippen LogP contribution in [0, 0.1) is 0 Å². The third-order valence-electron chi connectivity index (χ3n) is 4.75. The standard InChI is InChI=1S/C18H26N4O/c1-19-18(20-13-17(23)21-10-5-2-6-11-21)22-12-9-15-7-3-4-8-16(15)14-22/h3-4,7-8H,2,5-6,9-14H2,1H3,(H,19,20). The van der Waals surface area contributed by atoms with Gasteiger partial charge in [0.2, 0.25) is 5.91 Å². The third-order valence-corrected chi connectivity index (χ3v) is 4.75. The maximum Gasteiger partial charge on any atom is 0.241 e. The lowest BCUT2D eigenvalue weighted by Crippen LogP contribution is -2.48. The maximum atomic E-state index is 12.3. The number of aliphatic imine (C=N–C) groups is 1. The number of benzene rings is 1. The largest absolute Gasteiger partial charge is 0.347 e. The van der Waals surface area contributed by atoms with Gasteiger partial charge >= 0.3 is 0 Å². The zero-order valence-corrected chi connectivity index (χ0v) is 13.9.